The van der Waals surface area contributed by atoms with E-state index >= 15 is 0 Å². The molecular formula is C15H24N4O2S. The molecule has 0 spiro atoms. The highest BCUT2D eigenvalue weighted by molar-refractivity contribution is 7.89. The zero-order valence-corrected chi connectivity index (χ0v) is 14.0. The van der Waals surface area contributed by atoms with Gasteiger partial charge in [0.25, 0.3) is 0 Å². The summed E-state index contributed by atoms with van der Waals surface area (Å²) in [6, 6.07) is 7.15. The molecule has 2 N–H and O–H groups in total. The van der Waals surface area contributed by atoms with Crippen molar-refractivity contribution in [3.8, 4) is 0 Å². The Kier molecular flexibility index (Phi) is 5.79. The maximum atomic E-state index is 12.8. The number of guanidine groups is 1. The van der Waals surface area contributed by atoms with E-state index in [1.165, 1.54) is 0 Å². The number of hydrogen-bond acceptors (Lipinski definition) is 3. The van der Waals surface area contributed by atoms with Crippen molar-refractivity contribution >= 4 is 16.0 Å². The molecule has 6 nitrogen and oxygen atoms in total. The number of sulfonamides is 1. The lowest BCUT2D eigenvalue weighted by molar-refractivity contribution is 0.346. The summed E-state index contributed by atoms with van der Waals surface area (Å²) in [4.78, 5) is 4.42. The minimum absolute atomic E-state index is 0.385. The topological polar surface area (TPSA) is 73.8 Å². The van der Waals surface area contributed by atoms with Gasteiger partial charge in [-0.1, -0.05) is 24.6 Å². The number of rotatable bonds is 4. The van der Waals surface area contributed by atoms with Gasteiger partial charge in [-0.3, -0.25) is 4.99 Å². The summed E-state index contributed by atoms with van der Waals surface area (Å²) in [5.74, 6) is 0.630. The minimum atomic E-state index is -3.42. The SMILES string of the molecule is CN=C(NC)NCc1ccccc1S(=O)(=O)N1CCCCC1. The molecule has 0 atom stereocenters. The van der Waals surface area contributed by atoms with E-state index in [4.69, 9.17) is 0 Å². The molecule has 0 amide bonds. The molecule has 1 heterocycles. The molecule has 1 aliphatic heterocycles. The number of nitrogens with zero attached hydrogens (tertiary/aromatic N) is 2. The standard InChI is InChI=1S/C15H24N4O2S/c1-16-15(17-2)18-12-13-8-4-5-9-14(13)22(20,21)19-10-6-3-7-11-19/h4-5,8-9H,3,6-7,10-12H2,1-2H3,(H2,16,17,18). The molecule has 1 fully saturated rings. The Bertz CT molecular complexity index is 622. The van der Waals surface area contributed by atoms with E-state index < -0.39 is 10.0 Å². The van der Waals surface area contributed by atoms with Crippen molar-refractivity contribution in [3.05, 3.63) is 29.8 Å². The van der Waals surface area contributed by atoms with Crippen LogP contribution in [0.2, 0.25) is 0 Å². The highest BCUT2D eigenvalue weighted by atomic mass is 32.2. The molecule has 1 aromatic rings. The predicted molar refractivity (Wildman–Crippen MR) is 88.3 cm³/mol. The van der Waals surface area contributed by atoms with Gasteiger partial charge in [0.1, 0.15) is 0 Å². The Balaban J connectivity index is 2.23. The van der Waals surface area contributed by atoms with E-state index in [0.29, 0.717) is 30.5 Å². The smallest absolute Gasteiger partial charge is 0.243 e. The summed E-state index contributed by atoms with van der Waals surface area (Å²) in [7, 11) is 0.0244. The van der Waals surface area contributed by atoms with Gasteiger partial charge in [-0.25, -0.2) is 8.42 Å². The van der Waals surface area contributed by atoms with E-state index in [9.17, 15) is 8.42 Å². The van der Waals surface area contributed by atoms with Crippen LogP contribution in [0.15, 0.2) is 34.2 Å². The lowest BCUT2D eigenvalue weighted by Gasteiger charge is -2.27. The molecule has 0 bridgehead atoms. The third kappa shape index (κ3) is 3.78. The lowest BCUT2D eigenvalue weighted by atomic mass is 10.2. The molecule has 2 rings (SSSR count). The monoisotopic (exact) mass is 324 g/mol. The van der Waals surface area contributed by atoms with Gasteiger partial charge in [0.2, 0.25) is 10.0 Å². The zero-order valence-electron chi connectivity index (χ0n) is 13.2. The van der Waals surface area contributed by atoms with Crippen molar-refractivity contribution in [2.75, 3.05) is 27.2 Å². The summed E-state index contributed by atoms with van der Waals surface area (Å²) in [5, 5.41) is 6.03. The molecule has 0 unspecified atom stereocenters. The second-order valence-corrected chi connectivity index (χ2v) is 7.15. The van der Waals surface area contributed by atoms with Crippen molar-refractivity contribution in [1.82, 2.24) is 14.9 Å². The van der Waals surface area contributed by atoms with Crippen molar-refractivity contribution in [2.24, 2.45) is 4.99 Å². The van der Waals surface area contributed by atoms with E-state index in [0.717, 1.165) is 24.8 Å². The Labute approximate surface area is 132 Å². The first kappa shape index (κ1) is 16.8. The molecule has 0 aliphatic carbocycles. The highest BCUT2D eigenvalue weighted by Crippen LogP contribution is 2.23. The van der Waals surface area contributed by atoms with Crippen LogP contribution in [0.3, 0.4) is 0 Å². The number of piperidine rings is 1. The number of aliphatic imine (C=N–C) groups is 1. The Morgan fingerprint density at radius 3 is 2.55 bits per heavy atom. The molecule has 0 saturated carbocycles. The second-order valence-electron chi connectivity index (χ2n) is 5.25. The van der Waals surface area contributed by atoms with E-state index in [1.807, 2.05) is 12.1 Å². The van der Waals surface area contributed by atoms with Gasteiger partial charge in [0, 0.05) is 33.7 Å². The van der Waals surface area contributed by atoms with E-state index in [1.54, 1.807) is 30.5 Å². The molecule has 122 valence electrons. The van der Waals surface area contributed by atoms with Crippen LogP contribution in [0.1, 0.15) is 24.8 Å². The van der Waals surface area contributed by atoms with Crippen LogP contribution in [0.4, 0.5) is 0 Å². The predicted octanol–water partition coefficient (Wildman–Crippen LogP) is 1.16. The van der Waals surface area contributed by atoms with Crippen molar-refractivity contribution in [2.45, 2.75) is 30.7 Å². The molecule has 0 radical (unpaired) electrons. The normalized spacial score (nSPS) is 17.3. The number of benzene rings is 1. The molecular weight excluding hydrogens is 300 g/mol. The summed E-state index contributed by atoms with van der Waals surface area (Å²) >= 11 is 0. The third-order valence-electron chi connectivity index (χ3n) is 3.81. The average molecular weight is 324 g/mol. The molecule has 22 heavy (non-hydrogen) atoms. The summed E-state index contributed by atoms with van der Waals surface area (Å²) < 4.78 is 27.3. The maximum Gasteiger partial charge on any atom is 0.243 e. The van der Waals surface area contributed by atoms with Crippen LogP contribution in [0, 0.1) is 0 Å². The van der Waals surface area contributed by atoms with Gasteiger partial charge in [0.15, 0.2) is 5.96 Å². The zero-order chi connectivity index (χ0) is 16.0. The second kappa shape index (κ2) is 7.60. The minimum Gasteiger partial charge on any atom is -0.359 e. The Morgan fingerprint density at radius 2 is 1.91 bits per heavy atom. The van der Waals surface area contributed by atoms with Gasteiger partial charge in [-0.2, -0.15) is 4.31 Å². The Hall–Kier alpha value is -1.60. The van der Waals surface area contributed by atoms with Crippen LogP contribution in [0.25, 0.3) is 0 Å². The highest BCUT2D eigenvalue weighted by Gasteiger charge is 2.27. The van der Waals surface area contributed by atoms with Crippen molar-refractivity contribution in [3.63, 3.8) is 0 Å². The van der Waals surface area contributed by atoms with Crippen LogP contribution >= 0.6 is 0 Å². The fourth-order valence-corrected chi connectivity index (χ4v) is 4.34. The van der Waals surface area contributed by atoms with Gasteiger partial charge < -0.3 is 10.6 Å². The quantitative estimate of drug-likeness (QED) is 0.644. The van der Waals surface area contributed by atoms with Crippen LogP contribution in [0.5, 0.6) is 0 Å². The fraction of sp³-hybridized carbons (Fsp3) is 0.533. The molecule has 7 heteroatoms. The third-order valence-corrected chi connectivity index (χ3v) is 5.81. The fourth-order valence-electron chi connectivity index (χ4n) is 2.60. The first-order chi connectivity index (χ1) is 10.6. The summed E-state index contributed by atoms with van der Waals surface area (Å²) in [6.07, 6.45) is 2.98. The van der Waals surface area contributed by atoms with Crippen molar-refractivity contribution < 1.29 is 8.42 Å². The molecule has 0 aromatic heterocycles. The van der Waals surface area contributed by atoms with Crippen molar-refractivity contribution in [1.29, 1.82) is 0 Å². The van der Waals surface area contributed by atoms with Crippen LogP contribution < -0.4 is 10.6 Å². The van der Waals surface area contributed by atoms with Gasteiger partial charge in [-0.15, -0.1) is 0 Å². The van der Waals surface area contributed by atoms with Gasteiger partial charge in [0.05, 0.1) is 4.90 Å². The van der Waals surface area contributed by atoms with Gasteiger partial charge >= 0.3 is 0 Å². The summed E-state index contributed by atoms with van der Waals surface area (Å²) in [5.41, 5.74) is 0.754. The van der Waals surface area contributed by atoms with Crippen LogP contribution in [-0.4, -0.2) is 45.9 Å². The molecule has 1 aliphatic rings. The van der Waals surface area contributed by atoms with E-state index in [2.05, 4.69) is 15.6 Å². The molecule has 1 aromatic carbocycles. The van der Waals surface area contributed by atoms with E-state index in [-0.39, 0.29) is 0 Å². The van der Waals surface area contributed by atoms with Crippen LogP contribution in [-0.2, 0) is 16.6 Å². The maximum absolute atomic E-state index is 12.8. The number of hydrogen-bond donors (Lipinski definition) is 2. The largest absolute Gasteiger partial charge is 0.359 e. The Morgan fingerprint density at radius 1 is 1.23 bits per heavy atom. The lowest BCUT2D eigenvalue weighted by Crippen LogP contribution is -2.37. The first-order valence-corrected chi connectivity index (χ1v) is 9.00. The van der Waals surface area contributed by atoms with Gasteiger partial charge in [-0.05, 0) is 24.5 Å². The average Bonchev–Trinajstić information content (AvgIpc) is 2.57. The molecule has 1 saturated heterocycles. The first-order valence-electron chi connectivity index (χ1n) is 7.56. The number of nitrogens with one attached hydrogen (secondary N) is 2. The summed E-state index contributed by atoms with van der Waals surface area (Å²) in [6.45, 7) is 1.64.